The van der Waals surface area contributed by atoms with Gasteiger partial charge in [-0.1, -0.05) is 0 Å². The lowest BCUT2D eigenvalue weighted by Gasteiger charge is -2.05. The van der Waals surface area contributed by atoms with Crippen molar-refractivity contribution in [3.63, 3.8) is 0 Å². The van der Waals surface area contributed by atoms with Gasteiger partial charge in [0.05, 0.1) is 17.7 Å². The maximum atomic E-state index is 14.2. The van der Waals surface area contributed by atoms with Crippen LogP contribution in [-0.4, -0.2) is 48.1 Å². The number of carboxylic acids is 1. The van der Waals surface area contributed by atoms with Crippen molar-refractivity contribution >= 4 is 27.8 Å². The monoisotopic (exact) mass is 480 g/mol. The summed E-state index contributed by atoms with van der Waals surface area (Å²) < 4.78 is 33.4. The summed E-state index contributed by atoms with van der Waals surface area (Å²) in [5, 5.41) is 19.4. The van der Waals surface area contributed by atoms with E-state index in [4.69, 9.17) is 5.11 Å². The molecule has 5 aromatic rings. The van der Waals surface area contributed by atoms with Gasteiger partial charge in [-0.3, -0.25) is 4.79 Å². The molecule has 0 fully saturated rings. The number of fused-ring (bicyclic) bond motifs is 2. The normalized spacial score (nSPS) is 11.6. The number of nitrogens with one attached hydrogen (secondary N) is 2. The zero-order valence-electron chi connectivity index (χ0n) is 18.8. The lowest BCUT2D eigenvalue weighted by Crippen LogP contribution is -2.24. The maximum absolute atomic E-state index is 14.2. The number of rotatable bonds is 8. The lowest BCUT2D eigenvalue weighted by molar-refractivity contribution is -0.135. The molecule has 180 valence electrons. The highest BCUT2D eigenvalue weighted by Crippen LogP contribution is 2.32. The second-order valence-corrected chi connectivity index (χ2v) is 8.30. The van der Waals surface area contributed by atoms with Gasteiger partial charge in [-0.25, -0.2) is 23.2 Å². The van der Waals surface area contributed by atoms with Crippen molar-refractivity contribution in [2.24, 2.45) is 7.05 Å². The maximum Gasteiger partial charge on any atom is 0.348 e. The van der Waals surface area contributed by atoms with Gasteiger partial charge in [-0.15, -0.1) is 0 Å². The van der Waals surface area contributed by atoms with Gasteiger partial charge in [-0.2, -0.15) is 5.10 Å². The Morgan fingerprint density at radius 1 is 1.09 bits per heavy atom. The highest BCUT2D eigenvalue weighted by Gasteiger charge is 2.21. The van der Waals surface area contributed by atoms with Gasteiger partial charge in [0.25, 0.3) is 0 Å². The second-order valence-electron chi connectivity index (χ2n) is 8.30. The van der Waals surface area contributed by atoms with Crippen molar-refractivity contribution < 1.29 is 18.7 Å². The zero-order valence-corrected chi connectivity index (χ0v) is 18.8. The number of H-pyrrole nitrogens is 1. The van der Waals surface area contributed by atoms with Crippen LogP contribution >= 0.6 is 0 Å². The minimum atomic E-state index is -0.936. The van der Waals surface area contributed by atoms with Crippen LogP contribution in [0.25, 0.3) is 38.9 Å². The number of aromatic amines is 1. The molecule has 0 aliphatic heterocycles. The van der Waals surface area contributed by atoms with Crippen molar-refractivity contribution in [2.75, 3.05) is 13.1 Å². The molecule has 0 bridgehead atoms. The van der Waals surface area contributed by atoms with E-state index in [9.17, 15) is 18.4 Å². The largest absolute Gasteiger partial charge is 0.480 e. The van der Waals surface area contributed by atoms with Crippen LogP contribution in [0.1, 0.15) is 6.42 Å². The first-order valence-electron chi connectivity index (χ1n) is 11.0. The van der Waals surface area contributed by atoms with Gasteiger partial charge >= 0.3 is 11.7 Å². The van der Waals surface area contributed by atoms with Gasteiger partial charge in [0.1, 0.15) is 11.6 Å². The Kier molecular flexibility index (Phi) is 5.69. The smallest absolute Gasteiger partial charge is 0.348 e. The van der Waals surface area contributed by atoms with Crippen molar-refractivity contribution in [3.05, 3.63) is 70.9 Å². The van der Waals surface area contributed by atoms with Crippen LogP contribution in [0.3, 0.4) is 0 Å². The molecular weight excluding hydrogens is 458 g/mol. The Labute approximate surface area is 197 Å². The van der Waals surface area contributed by atoms with Gasteiger partial charge in [0, 0.05) is 47.8 Å². The van der Waals surface area contributed by atoms with Crippen molar-refractivity contribution in [1.82, 2.24) is 29.2 Å². The Hall–Kier alpha value is -4.25. The summed E-state index contributed by atoms with van der Waals surface area (Å²) in [6.07, 6.45) is 4.13. The van der Waals surface area contributed by atoms with E-state index < -0.39 is 23.3 Å². The number of aryl methyl sites for hydroxylation is 2. The van der Waals surface area contributed by atoms with E-state index in [2.05, 4.69) is 15.5 Å². The minimum absolute atomic E-state index is 0.137. The molecule has 0 unspecified atom stereocenters. The quantitative estimate of drug-likeness (QED) is 0.296. The highest BCUT2D eigenvalue weighted by atomic mass is 19.1. The Balaban J connectivity index is 1.61. The van der Waals surface area contributed by atoms with Crippen LogP contribution in [0, 0.1) is 11.6 Å². The number of nitrogens with zero attached hydrogens (tertiary/aromatic N) is 4. The standard InChI is InChI=1S/C24H22F2N6O3/c1-30-12-18(16-9-14(25)3-5-19(16)30)23-28-29-24(35)32(23)21-13-31(8-2-7-27-11-22(33)34)20-6-4-15(26)10-17(20)21/h3-6,9-10,12-13,27H,2,7-8,11H2,1H3,(H,29,35)(H,33,34). The van der Waals surface area contributed by atoms with Crippen LogP contribution in [-0.2, 0) is 18.4 Å². The summed E-state index contributed by atoms with van der Waals surface area (Å²) in [6.45, 7) is 0.847. The molecule has 35 heavy (non-hydrogen) atoms. The molecule has 0 amide bonds. The SMILES string of the molecule is Cn1cc(-c2n[nH]c(=O)n2-c2cn(CCCNCC(=O)O)c3ccc(F)cc23)c2cc(F)ccc21. The van der Waals surface area contributed by atoms with Crippen molar-refractivity contribution in [1.29, 1.82) is 0 Å². The fraction of sp³-hybridized carbons (Fsp3) is 0.208. The predicted molar refractivity (Wildman–Crippen MR) is 127 cm³/mol. The van der Waals surface area contributed by atoms with E-state index in [0.29, 0.717) is 47.1 Å². The Morgan fingerprint density at radius 2 is 1.80 bits per heavy atom. The van der Waals surface area contributed by atoms with Crippen molar-refractivity contribution in [3.8, 4) is 17.1 Å². The summed E-state index contributed by atoms with van der Waals surface area (Å²) in [6, 6.07) is 8.75. The molecule has 0 aliphatic carbocycles. The van der Waals surface area contributed by atoms with Gasteiger partial charge in [0.2, 0.25) is 0 Å². The van der Waals surface area contributed by atoms with Crippen molar-refractivity contribution in [2.45, 2.75) is 13.0 Å². The number of benzene rings is 2. The average molecular weight is 480 g/mol. The molecule has 9 nitrogen and oxygen atoms in total. The van der Waals surface area contributed by atoms with Crippen LogP contribution in [0.2, 0.25) is 0 Å². The molecule has 0 spiro atoms. The van der Waals surface area contributed by atoms with E-state index in [-0.39, 0.29) is 12.4 Å². The van der Waals surface area contributed by atoms with Gasteiger partial charge < -0.3 is 19.6 Å². The minimum Gasteiger partial charge on any atom is -0.480 e. The third kappa shape index (κ3) is 4.10. The van der Waals surface area contributed by atoms with Crippen LogP contribution in [0.15, 0.2) is 53.6 Å². The number of carbonyl (C=O) groups is 1. The molecule has 0 saturated heterocycles. The summed E-state index contributed by atoms with van der Waals surface area (Å²) in [5.41, 5.74) is 1.95. The molecule has 0 radical (unpaired) electrons. The molecule has 3 N–H and O–H groups in total. The second kappa shape index (κ2) is 8.84. The molecule has 2 aromatic carbocycles. The molecule has 0 atom stereocenters. The third-order valence-electron chi connectivity index (χ3n) is 5.96. The van der Waals surface area contributed by atoms with Gasteiger partial charge in [-0.05, 0) is 49.4 Å². The number of aromatic nitrogens is 5. The third-order valence-corrected chi connectivity index (χ3v) is 5.96. The van der Waals surface area contributed by atoms with E-state index in [1.54, 1.807) is 24.5 Å². The summed E-state index contributed by atoms with van der Waals surface area (Å²) in [4.78, 5) is 23.6. The molecule has 0 saturated carbocycles. The van der Waals surface area contributed by atoms with Crippen LogP contribution in [0.5, 0.6) is 0 Å². The first-order chi connectivity index (χ1) is 16.8. The van der Waals surface area contributed by atoms with E-state index >= 15 is 0 Å². The highest BCUT2D eigenvalue weighted by molar-refractivity contribution is 5.96. The van der Waals surface area contributed by atoms with E-state index in [1.807, 2.05) is 16.2 Å². The summed E-state index contributed by atoms with van der Waals surface area (Å²) in [7, 11) is 1.82. The number of aliphatic carboxylic acids is 1. The summed E-state index contributed by atoms with van der Waals surface area (Å²) in [5.74, 6) is -1.53. The molecule has 0 aliphatic rings. The number of halogens is 2. The number of hydrogen-bond acceptors (Lipinski definition) is 4. The molecule has 3 heterocycles. The molecule has 11 heteroatoms. The Morgan fingerprint density at radius 3 is 2.54 bits per heavy atom. The zero-order chi connectivity index (χ0) is 24.7. The Bertz CT molecular complexity index is 1630. The van der Waals surface area contributed by atoms with E-state index in [1.165, 1.54) is 28.8 Å². The topological polar surface area (TPSA) is 110 Å². The summed E-state index contributed by atoms with van der Waals surface area (Å²) >= 11 is 0. The predicted octanol–water partition coefficient (Wildman–Crippen LogP) is 3.02. The average Bonchev–Trinajstić information content (AvgIpc) is 3.46. The fourth-order valence-corrected chi connectivity index (χ4v) is 4.43. The van der Waals surface area contributed by atoms with Gasteiger partial charge in [0.15, 0.2) is 5.82 Å². The van der Waals surface area contributed by atoms with E-state index in [0.717, 1.165) is 5.52 Å². The molecule has 5 rings (SSSR count). The number of hydrogen-bond donors (Lipinski definition) is 3. The van der Waals surface area contributed by atoms with Crippen LogP contribution in [0.4, 0.5) is 8.78 Å². The number of carboxylic acid groups (broad SMARTS) is 1. The lowest BCUT2D eigenvalue weighted by atomic mass is 10.1. The fourth-order valence-electron chi connectivity index (χ4n) is 4.43. The first kappa shape index (κ1) is 22.5. The first-order valence-corrected chi connectivity index (χ1v) is 11.0. The van der Waals surface area contributed by atoms with Crippen LogP contribution < -0.4 is 11.0 Å². The molecule has 3 aromatic heterocycles. The molecular formula is C24H22F2N6O3.